The Balaban J connectivity index is 2.00. The topological polar surface area (TPSA) is 50.7 Å². The summed E-state index contributed by atoms with van der Waals surface area (Å²) in [6.07, 6.45) is 0. The van der Waals surface area contributed by atoms with Gasteiger partial charge in [0.05, 0.1) is 0 Å². The van der Waals surface area contributed by atoms with Crippen molar-refractivity contribution in [2.45, 2.75) is 13.8 Å². The van der Waals surface area contributed by atoms with Gasteiger partial charge in [0.2, 0.25) is 6.79 Å². The van der Waals surface area contributed by atoms with Crippen LogP contribution in [-0.4, -0.2) is 25.1 Å². The Labute approximate surface area is 95.2 Å². The number of fused-ring (bicyclic) bond motifs is 1. The second-order valence-corrected chi connectivity index (χ2v) is 4.74. The van der Waals surface area contributed by atoms with Gasteiger partial charge in [-0.3, -0.25) is 0 Å². The van der Waals surface area contributed by atoms with Crippen LogP contribution in [0.3, 0.4) is 0 Å². The Hall–Kier alpha value is -1.42. The van der Waals surface area contributed by atoms with Crippen molar-refractivity contribution in [2.24, 2.45) is 5.41 Å². The van der Waals surface area contributed by atoms with Crippen LogP contribution in [0.25, 0.3) is 0 Å². The molecule has 1 aromatic rings. The molecule has 0 aliphatic carbocycles. The van der Waals surface area contributed by atoms with E-state index in [1.807, 2.05) is 32.0 Å². The molecule has 0 saturated carbocycles. The number of hydrogen-bond donors (Lipinski definition) is 2. The summed E-state index contributed by atoms with van der Waals surface area (Å²) >= 11 is 0. The van der Waals surface area contributed by atoms with E-state index in [1.54, 1.807) is 0 Å². The first-order valence-electron chi connectivity index (χ1n) is 5.35. The zero-order chi connectivity index (χ0) is 11.6. The van der Waals surface area contributed by atoms with Crippen molar-refractivity contribution in [3.63, 3.8) is 0 Å². The van der Waals surface area contributed by atoms with Crippen LogP contribution >= 0.6 is 0 Å². The van der Waals surface area contributed by atoms with Crippen molar-refractivity contribution in [1.29, 1.82) is 0 Å². The van der Waals surface area contributed by atoms with E-state index in [4.69, 9.17) is 14.6 Å². The highest BCUT2D eigenvalue weighted by molar-refractivity contribution is 5.55. The zero-order valence-electron chi connectivity index (χ0n) is 9.62. The van der Waals surface area contributed by atoms with Crippen molar-refractivity contribution in [1.82, 2.24) is 0 Å². The minimum atomic E-state index is -0.129. The summed E-state index contributed by atoms with van der Waals surface area (Å²) in [6.45, 7) is 5.18. The van der Waals surface area contributed by atoms with E-state index in [0.29, 0.717) is 13.3 Å². The lowest BCUT2D eigenvalue weighted by atomic mass is 9.95. The van der Waals surface area contributed by atoms with Crippen LogP contribution < -0.4 is 14.8 Å². The maximum atomic E-state index is 9.14. The van der Waals surface area contributed by atoms with Crippen LogP contribution in [0.1, 0.15) is 13.8 Å². The second kappa shape index (κ2) is 4.22. The van der Waals surface area contributed by atoms with Gasteiger partial charge < -0.3 is 19.9 Å². The predicted molar refractivity (Wildman–Crippen MR) is 61.9 cm³/mol. The predicted octanol–water partition coefficient (Wildman–Crippen LogP) is 1.85. The monoisotopic (exact) mass is 223 g/mol. The summed E-state index contributed by atoms with van der Waals surface area (Å²) in [7, 11) is 0. The molecule has 16 heavy (non-hydrogen) atoms. The van der Waals surface area contributed by atoms with E-state index < -0.39 is 0 Å². The van der Waals surface area contributed by atoms with E-state index in [9.17, 15) is 0 Å². The first-order valence-corrected chi connectivity index (χ1v) is 5.35. The fraction of sp³-hybridized carbons (Fsp3) is 0.500. The molecule has 2 rings (SSSR count). The van der Waals surface area contributed by atoms with Crippen LogP contribution in [0.15, 0.2) is 18.2 Å². The smallest absolute Gasteiger partial charge is 0.231 e. The van der Waals surface area contributed by atoms with Crippen LogP contribution in [0.2, 0.25) is 0 Å². The molecular formula is C12H17NO3. The second-order valence-electron chi connectivity index (χ2n) is 4.74. The van der Waals surface area contributed by atoms with Gasteiger partial charge in [-0.05, 0) is 12.1 Å². The van der Waals surface area contributed by atoms with Gasteiger partial charge in [-0.2, -0.15) is 0 Å². The van der Waals surface area contributed by atoms with Crippen LogP contribution in [0, 0.1) is 5.41 Å². The molecule has 1 aliphatic rings. The summed E-state index contributed by atoms with van der Waals surface area (Å²) in [4.78, 5) is 0. The van der Waals surface area contributed by atoms with Crippen molar-refractivity contribution in [3.8, 4) is 11.5 Å². The Morgan fingerprint density at radius 1 is 1.31 bits per heavy atom. The first kappa shape index (κ1) is 11.1. The lowest BCUT2D eigenvalue weighted by Gasteiger charge is -2.22. The van der Waals surface area contributed by atoms with Crippen LogP contribution in [0.4, 0.5) is 5.69 Å². The molecule has 0 spiro atoms. The maximum Gasteiger partial charge on any atom is 0.231 e. The number of nitrogens with one attached hydrogen (secondary N) is 1. The standard InChI is InChI=1S/C12H17NO3/c1-12(2,7-14)6-13-9-3-4-10-11(5-9)16-8-15-10/h3-5,13-14H,6-8H2,1-2H3. The van der Waals surface area contributed by atoms with Gasteiger partial charge in [0.25, 0.3) is 0 Å². The Morgan fingerprint density at radius 2 is 2.06 bits per heavy atom. The molecule has 0 unspecified atom stereocenters. The average molecular weight is 223 g/mol. The minimum absolute atomic E-state index is 0.129. The lowest BCUT2D eigenvalue weighted by Crippen LogP contribution is -2.26. The van der Waals surface area contributed by atoms with Crippen molar-refractivity contribution in [2.75, 3.05) is 25.3 Å². The number of anilines is 1. The Kier molecular flexibility index (Phi) is 2.92. The highest BCUT2D eigenvalue weighted by Crippen LogP contribution is 2.34. The van der Waals surface area contributed by atoms with Crippen LogP contribution in [0.5, 0.6) is 11.5 Å². The largest absolute Gasteiger partial charge is 0.454 e. The molecule has 4 nitrogen and oxygen atoms in total. The van der Waals surface area contributed by atoms with Crippen molar-refractivity contribution >= 4 is 5.69 Å². The van der Waals surface area contributed by atoms with Gasteiger partial charge >= 0.3 is 0 Å². The van der Waals surface area contributed by atoms with Crippen LogP contribution in [-0.2, 0) is 0 Å². The molecule has 0 radical (unpaired) electrons. The van der Waals surface area contributed by atoms with E-state index in [0.717, 1.165) is 17.2 Å². The fourth-order valence-electron chi connectivity index (χ4n) is 1.40. The molecule has 0 saturated heterocycles. The molecule has 4 heteroatoms. The highest BCUT2D eigenvalue weighted by Gasteiger charge is 2.17. The van der Waals surface area contributed by atoms with Gasteiger partial charge in [-0.1, -0.05) is 13.8 Å². The molecule has 2 N–H and O–H groups in total. The third-order valence-corrected chi connectivity index (χ3v) is 2.57. The number of aliphatic hydroxyl groups is 1. The van der Waals surface area contributed by atoms with Gasteiger partial charge in [0.1, 0.15) is 0 Å². The molecule has 0 aromatic heterocycles. The van der Waals surface area contributed by atoms with Gasteiger partial charge in [0, 0.05) is 30.3 Å². The summed E-state index contributed by atoms with van der Waals surface area (Å²) in [5, 5.41) is 12.4. The number of benzene rings is 1. The Bertz CT molecular complexity index is 377. The third kappa shape index (κ3) is 2.39. The molecule has 88 valence electrons. The van der Waals surface area contributed by atoms with E-state index in [2.05, 4.69) is 5.32 Å². The average Bonchev–Trinajstić information content (AvgIpc) is 2.73. The molecule has 0 amide bonds. The highest BCUT2D eigenvalue weighted by atomic mass is 16.7. The maximum absolute atomic E-state index is 9.14. The first-order chi connectivity index (χ1) is 7.61. The minimum Gasteiger partial charge on any atom is -0.454 e. The van der Waals surface area contributed by atoms with E-state index in [-0.39, 0.29) is 12.0 Å². The molecule has 1 aromatic carbocycles. The SMILES string of the molecule is CC(C)(CO)CNc1ccc2c(c1)OCO2. The molecule has 0 fully saturated rings. The molecule has 0 atom stereocenters. The number of rotatable bonds is 4. The normalized spacial score (nSPS) is 13.9. The zero-order valence-corrected chi connectivity index (χ0v) is 9.62. The number of ether oxygens (including phenoxy) is 2. The van der Waals surface area contributed by atoms with E-state index >= 15 is 0 Å². The van der Waals surface area contributed by atoms with E-state index in [1.165, 1.54) is 0 Å². The molecule has 1 aliphatic heterocycles. The summed E-state index contributed by atoms with van der Waals surface area (Å²) in [5.74, 6) is 1.55. The summed E-state index contributed by atoms with van der Waals surface area (Å²) < 4.78 is 10.5. The van der Waals surface area contributed by atoms with Gasteiger partial charge in [-0.15, -0.1) is 0 Å². The van der Waals surface area contributed by atoms with Crippen molar-refractivity contribution < 1.29 is 14.6 Å². The van der Waals surface area contributed by atoms with Crippen molar-refractivity contribution in [3.05, 3.63) is 18.2 Å². The molecule has 1 heterocycles. The number of hydrogen-bond acceptors (Lipinski definition) is 4. The van der Waals surface area contributed by atoms with Gasteiger partial charge in [-0.25, -0.2) is 0 Å². The summed E-state index contributed by atoms with van der Waals surface area (Å²) in [6, 6.07) is 5.74. The van der Waals surface area contributed by atoms with Gasteiger partial charge in [0.15, 0.2) is 11.5 Å². The quantitative estimate of drug-likeness (QED) is 0.817. The number of aliphatic hydroxyl groups excluding tert-OH is 1. The summed E-state index contributed by atoms with van der Waals surface area (Å²) in [5.41, 5.74) is 0.849. The lowest BCUT2D eigenvalue weighted by molar-refractivity contribution is 0.171. The third-order valence-electron chi connectivity index (χ3n) is 2.57. The molecular weight excluding hydrogens is 206 g/mol. The Morgan fingerprint density at radius 3 is 2.81 bits per heavy atom. The fourth-order valence-corrected chi connectivity index (χ4v) is 1.40. The molecule has 0 bridgehead atoms.